The Kier molecular flexibility index (Phi) is 3.65. The molecule has 1 atom stereocenters. The average Bonchev–Trinajstić information content (AvgIpc) is 2.54. The van der Waals surface area contributed by atoms with Crippen LogP contribution in [-0.4, -0.2) is 26.0 Å². The third kappa shape index (κ3) is 2.71. The second kappa shape index (κ2) is 5.77. The predicted octanol–water partition coefficient (Wildman–Crippen LogP) is 2.90. The van der Waals surface area contributed by atoms with Crippen molar-refractivity contribution in [3.8, 4) is 0 Å². The van der Waals surface area contributed by atoms with E-state index in [1.54, 1.807) is 6.20 Å². The molecular weight excluding hydrogens is 280 g/mol. The van der Waals surface area contributed by atoms with Gasteiger partial charge in [0.1, 0.15) is 5.82 Å². The van der Waals surface area contributed by atoms with Crippen molar-refractivity contribution in [1.82, 2.24) is 15.0 Å². The van der Waals surface area contributed by atoms with Gasteiger partial charge in [-0.15, -0.1) is 0 Å². The molecule has 0 aliphatic heterocycles. The van der Waals surface area contributed by atoms with Gasteiger partial charge in [-0.25, -0.2) is 14.8 Å². The molecule has 0 spiro atoms. The normalized spacial score (nSPS) is 12.0. The Hall–Kier alpha value is -3.02. The Bertz CT molecular complexity index is 812. The highest BCUT2D eigenvalue weighted by molar-refractivity contribution is 5.86. The number of nitrogens with zero attached hydrogens (tertiary/aromatic N) is 3. The molecular formula is C16H14N4O2. The van der Waals surface area contributed by atoms with E-state index in [9.17, 15) is 4.79 Å². The van der Waals surface area contributed by atoms with Crippen molar-refractivity contribution in [3.63, 3.8) is 0 Å². The molecule has 2 aromatic heterocycles. The maximum absolute atomic E-state index is 10.8. The van der Waals surface area contributed by atoms with E-state index in [2.05, 4.69) is 20.3 Å². The Labute approximate surface area is 126 Å². The molecule has 0 saturated heterocycles. The highest BCUT2D eigenvalue weighted by Gasteiger charge is 2.11. The predicted molar refractivity (Wildman–Crippen MR) is 82.8 cm³/mol. The SMILES string of the molecule is C[C@@H](Nc1cnc(C(=O)O)cn1)c1cccc2cnccc12. The lowest BCUT2D eigenvalue weighted by Gasteiger charge is -2.16. The molecule has 0 unspecified atom stereocenters. The molecule has 0 bridgehead atoms. The number of carboxylic acids is 1. The number of nitrogens with one attached hydrogen (secondary N) is 1. The van der Waals surface area contributed by atoms with Crippen molar-refractivity contribution in [2.24, 2.45) is 0 Å². The minimum absolute atomic E-state index is 0.00363. The number of anilines is 1. The van der Waals surface area contributed by atoms with Crippen LogP contribution in [0.2, 0.25) is 0 Å². The third-order valence-corrected chi connectivity index (χ3v) is 3.42. The van der Waals surface area contributed by atoms with Gasteiger partial charge >= 0.3 is 5.97 Å². The van der Waals surface area contributed by atoms with Crippen LogP contribution in [0.4, 0.5) is 5.82 Å². The molecule has 3 aromatic rings. The summed E-state index contributed by atoms with van der Waals surface area (Å²) in [6.07, 6.45) is 6.25. The summed E-state index contributed by atoms with van der Waals surface area (Å²) in [6.45, 7) is 2.02. The number of hydrogen-bond donors (Lipinski definition) is 2. The summed E-state index contributed by atoms with van der Waals surface area (Å²) in [7, 11) is 0. The first kappa shape index (κ1) is 13.9. The topological polar surface area (TPSA) is 88.0 Å². The van der Waals surface area contributed by atoms with Crippen LogP contribution in [0.25, 0.3) is 10.8 Å². The molecule has 0 aliphatic carbocycles. The molecule has 6 heteroatoms. The smallest absolute Gasteiger partial charge is 0.356 e. The Morgan fingerprint density at radius 3 is 2.77 bits per heavy atom. The van der Waals surface area contributed by atoms with Gasteiger partial charge in [-0.1, -0.05) is 18.2 Å². The van der Waals surface area contributed by atoms with Gasteiger partial charge in [0.25, 0.3) is 0 Å². The molecule has 2 N–H and O–H groups in total. The Balaban J connectivity index is 1.87. The van der Waals surface area contributed by atoms with E-state index in [-0.39, 0.29) is 11.7 Å². The molecule has 0 radical (unpaired) electrons. The number of hydrogen-bond acceptors (Lipinski definition) is 5. The van der Waals surface area contributed by atoms with Gasteiger partial charge in [-0.2, -0.15) is 0 Å². The lowest BCUT2D eigenvalue weighted by atomic mass is 10.0. The van der Waals surface area contributed by atoms with E-state index < -0.39 is 5.97 Å². The van der Waals surface area contributed by atoms with Crippen molar-refractivity contribution >= 4 is 22.6 Å². The fraction of sp³-hybridized carbons (Fsp3) is 0.125. The Morgan fingerprint density at radius 1 is 1.18 bits per heavy atom. The maximum Gasteiger partial charge on any atom is 0.356 e. The van der Waals surface area contributed by atoms with E-state index in [1.807, 2.05) is 37.4 Å². The number of benzene rings is 1. The zero-order valence-electron chi connectivity index (χ0n) is 11.9. The van der Waals surface area contributed by atoms with Gasteiger partial charge in [0.05, 0.1) is 18.4 Å². The minimum atomic E-state index is -1.09. The zero-order valence-corrected chi connectivity index (χ0v) is 11.9. The van der Waals surface area contributed by atoms with Crippen LogP contribution in [0.3, 0.4) is 0 Å². The molecule has 0 aliphatic rings. The second-order valence-corrected chi connectivity index (χ2v) is 4.90. The molecule has 3 rings (SSSR count). The second-order valence-electron chi connectivity index (χ2n) is 4.90. The highest BCUT2D eigenvalue weighted by Crippen LogP contribution is 2.25. The van der Waals surface area contributed by atoms with Crippen LogP contribution >= 0.6 is 0 Å². The first-order valence-electron chi connectivity index (χ1n) is 6.79. The number of aromatic nitrogens is 3. The largest absolute Gasteiger partial charge is 0.476 e. The molecule has 0 amide bonds. The summed E-state index contributed by atoms with van der Waals surface area (Å²) in [5, 5.41) is 14.2. The van der Waals surface area contributed by atoms with Gasteiger partial charge in [0.15, 0.2) is 5.69 Å². The molecule has 6 nitrogen and oxygen atoms in total. The number of carboxylic acid groups (broad SMARTS) is 1. The quantitative estimate of drug-likeness (QED) is 0.769. The first-order chi connectivity index (χ1) is 10.6. The maximum atomic E-state index is 10.8. The number of fused-ring (bicyclic) bond motifs is 1. The molecule has 2 heterocycles. The lowest BCUT2D eigenvalue weighted by molar-refractivity contribution is 0.0690. The monoisotopic (exact) mass is 294 g/mol. The molecule has 0 saturated carbocycles. The highest BCUT2D eigenvalue weighted by atomic mass is 16.4. The summed E-state index contributed by atoms with van der Waals surface area (Å²) >= 11 is 0. The number of rotatable bonds is 4. The van der Waals surface area contributed by atoms with Crippen LogP contribution in [0.15, 0.2) is 49.1 Å². The average molecular weight is 294 g/mol. The van der Waals surface area contributed by atoms with Crippen molar-refractivity contribution in [2.75, 3.05) is 5.32 Å². The van der Waals surface area contributed by atoms with Gasteiger partial charge < -0.3 is 10.4 Å². The summed E-state index contributed by atoms with van der Waals surface area (Å²) in [5.41, 5.74) is 1.04. The fourth-order valence-electron chi connectivity index (χ4n) is 2.34. The molecule has 0 fully saturated rings. The van der Waals surface area contributed by atoms with Crippen LogP contribution in [-0.2, 0) is 0 Å². The van der Waals surface area contributed by atoms with E-state index in [0.29, 0.717) is 5.82 Å². The van der Waals surface area contributed by atoms with Gasteiger partial charge in [0, 0.05) is 17.8 Å². The fourth-order valence-corrected chi connectivity index (χ4v) is 2.34. The molecule has 110 valence electrons. The van der Waals surface area contributed by atoms with Crippen molar-refractivity contribution in [1.29, 1.82) is 0 Å². The number of carbonyl (C=O) groups is 1. The minimum Gasteiger partial charge on any atom is -0.476 e. The van der Waals surface area contributed by atoms with Gasteiger partial charge in [-0.3, -0.25) is 4.98 Å². The van der Waals surface area contributed by atoms with Gasteiger partial charge in [0.2, 0.25) is 0 Å². The summed E-state index contributed by atoms with van der Waals surface area (Å²) in [6, 6.07) is 8.01. The van der Waals surface area contributed by atoms with Crippen molar-refractivity contribution < 1.29 is 9.90 Å². The Morgan fingerprint density at radius 2 is 2.05 bits per heavy atom. The molecule has 1 aromatic carbocycles. The van der Waals surface area contributed by atoms with E-state index >= 15 is 0 Å². The van der Waals surface area contributed by atoms with Crippen LogP contribution in [0.5, 0.6) is 0 Å². The van der Waals surface area contributed by atoms with Gasteiger partial charge in [-0.05, 0) is 23.9 Å². The summed E-state index contributed by atoms with van der Waals surface area (Å²) in [4.78, 5) is 22.8. The van der Waals surface area contributed by atoms with E-state index in [0.717, 1.165) is 16.3 Å². The summed E-state index contributed by atoms with van der Waals surface area (Å²) in [5.74, 6) is -0.558. The third-order valence-electron chi connectivity index (χ3n) is 3.42. The standard InChI is InChI=1S/C16H14N4O2/c1-10(20-15-9-18-14(8-19-15)16(21)22)12-4-2-3-11-7-17-6-5-13(11)12/h2-10H,1H3,(H,19,20)(H,21,22)/t10-/m1/s1. The zero-order chi connectivity index (χ0) is 15.5. The lowest BCUT2D eigenvalue weighted by Crippen LogP contribution is -2.10. The van der Waals surface area contributed by atoms with Crippen LogP contribution < -0.4 is 5.32 Å². The van der Waals surface area contributed by atoms with E-state index in [1.165, 1.54) is 12.4 Å². The van der Waals surface area contributed by atoms with Crippen LogP contribution in [0.1, 0.15) is 29.0 Å². The van der Waals surface area contributed by atoms with E-state index in [4.69, 9.17) is 5.11 Å². The molecule has 22 heavy (non-hydrogen) atoms. The van der Waals surface area contributed by atoms with Crippen molar-refractivity contribution in [3.05, 3.63) is 60.3 Å². The summed E-state index contributed by atoms with van der Waals surface area (Å²) < 4.78 is 0. The number of pyridine rings is 1. The number of aromatic carboxylic acids is 1. The van der Waals surface area contributed by atoms with Crippen LogP contribution in [0, 0.1) is 0 Å². The van der Waals surface area contributed by atoms with Crippen molar-refractivity contribution in [2.45, 2.75) is 13.0 Å². The first-order valence-corrected chi connectivity index (χ1v) is 6.79.